The highest BCUT2D eigenvalue weighted by Gasteiger charge is 2.36. The van der Waals surface area contributed by atoms with Gasteiger partial charge in [0.1, 0.15) is 0 Å². The van der Waals surface area contributed by atoms with Gasteiger partial charge in [-0.1, -0.05) is 6.92 Å². The molecule has 7 heteroatoms. The molecule has 2 aromatic rings. The van der Waals surface area contributed by atoms with Crippen LogP contribution in [0.4, 0.5) is 0 Å². The lowest BCUT2D eigenvalue weighted by molar-refractivity contribution is -0.142. The van der Waals surface area contributed by atoms with Gasteiger partial charge in [-0.2, -0.15) is 0 Å². The Morgan fingerprint density at radius 1 is 1.48 bits per heavy atom. The van der Waals surface area contributed by atoms with Crippen LogP contribution in [0.15, 0.2) is 11.6 Å². The number of fused-ring (bicyclic) bond motifs is 1. The lowest BCUT2D eigenvalue weighted by Gasteiger charge is -2.15. The molecule has 0 bridgehead atoms. The van der Waals surface area contributed by atoms with Gasteiger partial charge in [0.25, 0.3) is 0 Å². The van der Waals surface area contributed by atoms with Crippen LogP contribution in [0.25, 0.3) is 4.96 Å². The number of hydrogen-bond acceptors (Lipinski definition) is 4. The molecule has 21 heavy (non-hydrogen) atoms. The summed E-state index contributed by atoms with van der Waals surface area (Å²) in [6, 6.07) is 0. The van der Waals surface area contributed by atoms with Crippen molar-refractivity contribution in [2.75, 3.05) is 13.1 Å². The fourth-order valence-corrected chi connectivity index (χ4v) is 3.75. The van der Waals surface area contributed by atoms with Crippen molar-refractivity contribution in [2.45, 2.75) is 20.3 Å². The van der Waals surface area contributed by atoms with Crippen molar-refractivity contribution in [3.63, 3.8) is 0 Å². The van der Waals surface area contributed by atoms with Crippen LogP contribution >= 0.6 is 11.3 Å². The van der Waals surface area contributed by atoms with Gasteiger partial charge in [-0.15, -0.1) is 11.3 Å². The molecule has 1 aliphatic heterocycles. The number of hydrogen-bond donors (Lipinski definition) is 1. The predicted octanol–water partition coefficient (Wildman–Crippen LogP) is 1.43. The number of likely N-dealkylation sites (tertiary alicyclic amines) is 1. The summed E-state index contributed by atoms with van der Waals surface area (Å²) >= 11 is 1.51. The average Bonchev–Trinajstić information content (AvgIpc) is 3.05. The second-order valence-corrected chi connectivity index (χ2v) is 6.50. The van der Waals surface area contributed by atoms with Crippen molar-refractivity contribution in [3.05, 3.63) is 23.0 Å². The zero-order valence-corrected chi connectivity index (χ0v) is 12.8. The molecule has 112 valence electrons. The van der Waals surface area contributed by atoms with E-state index in [4.69, 9.17) is 5.11 Å². The van der Waals surface area contributed by atoms with Crippen LogP contribution in [-0.2, 0) is 16.0 Å². The van der Waals surface area contributed by atoms with Gasteiger partial charge in [-0.3, -0.25) is 14.0 Å². The standard InChI is InChI=1S/C14H17N3O3S/c1-8-4-16(6-11(8)13(19)20)12(18)3-10-7-21-14-15-9(2)5-17(10)14/h5,7-8,11H,3-4,6H2,1-2H3,(H,19,20). The first-order valence-corrected chi connectivity index (χ1v) is 7.76. The molecule has 0 aliphatic carbocycles. The summed E-state index contributed by atoms with van der Waals surface area (Å²) in [5.74, 6) is -1.28. The molecule has 0 aromatic carbocycles. The van der Waals surface area contributed by atoms with Crippen LogP contribution < -0.4 is 0 Å². The third-order valence-electron chi connectivity index (χ3n) is 4.02. The smallest absolute Gasteiger partial charge is 0.308 e. The number of rotatable bonds is 3. The number of imidazole rings is 1. The van der Waals surface area contributed by atoms with Crippen LogP contribution in [-0.4, -0.2) is 44.4 Å². The first-order chi connectivity index (χ1) is 9.95. The summed E-state index contributed by atoms with van der Waals surface area (Å²) < 4.78 is 1.94. The zero-order chi connectivity index (χ0) is 15.1. The SMILES string of the molecule is Cc1cn2c(CC(=O)N3CC(C)C(C(=O)O)C3)csc2n1. The lowest BCUT2D eigenvalue weighted by atomic mass is 9.99. The minimum Gasteiger partial charge on any atom is -0.481 e. The quantitative estimate of drug-likeness (QED) is 0.930. The van der Waals surface area contributed by atoms with E-state index in [1.54, 1.807) is 4.90 Å². The van der Waals surface area contributed by atoms with Gasteiger partial charge in [0.2, 0.25) is 5.91 Å². The molecule has 0 spiro atoms. The number of thiazole rings is 1. The normalized spacial score (nSPS) is 22.1. The van der Waals surface area contributed by atoms with E-state index in [0.717, 1.165) is 16.3 Å². The number of aromatic nitrogens is 2. The average molecular weight is 307 g/mol. The van der Waals surface area contributed by atoms with Crippen LogP contribution in [0.3, 0.4) is 0 Å². The summed E-state index contributed by atoms with van der Waals surface area (Å²) in [5, 5.41) is 11.1. The van der Waals surface area contributed by atoms with E-state index in [2.05, 4.69) is 4.98 Å². The molecular weight excluding hydrogens is 290 g/mol. The Morgan fingerprint density at radius 3 is 2.90 bits per heavy atom. The van der Waals surface area contributed by atoms with E-state index in [1.807, 2.05) is 29.8 Å². The van der Waals surface area contributed by atoms with Gasteiger partial charge in [0.15, 0.2) is 4.96 Å². The van der Waals surface area contributed by atoms with Gasteiger partial charge in [0.05, 0.1) is 18.0 Å². The Morgan fingerprint density at radius 2 is 2.24 bits per heavy atom. The monoisotopic (exact) mass is 307 g/mol. The molecule has 1 amide bonds. The van der Waals surface area contributed by atoms with E-state index in [9.17, 15) is 9.59 Å². The number of carboxylic acid groups (broad SMARTS) is 1. The van der Waals surface area contributed by atoms with Crippen LogP contribution in [0.2, 0.25) is 0 Å². The Bertz CT molecular complexity index is 705. The second kappa shape index (κ2) is 5.14. The maximum atomic E-state index is 12.4. The molecule has 3 heterocycles. The van der Waals surface area contributed by atoms with Gasteiger partial charge in [0, 0.05) is 30.4 Å². The number of aryl methyl sites for hydroxylation is 1. The molecule has 1 aliphatic rings. The summed E-state index contributed by atoms with van der Waals surface area (Å²) in [7, 11) is 0. The predicted molar refractivity (Wildman–Crippen MR) is 78.4 cm³/mol. The maximum absolute atomic E-state index is 12.4. The topological polar surface area (TPSA) is 74.9 Å². The first-order valence-electron chi connectivity index (χ1n) is 6.88. The molecular formula is C14H17N3O3S. The largest absolute Gasteiger partial charge is 0.481 e. The second-order valence-electron chi connectivity index (χ2n) is 5.66. The van der Waals surface area contributed by atoms with Gasteiger partial charge in [-0.05, 0) is 12.8 Å². The third-order valence-corrected chi connectivity index (χ3v) is 4.91. The van der Waals surface area contributed by atoms with Gasteiger partial charge >= 0.3 is 5.97 Å². The molecule has 1 saturated heterocycles. The molecule has 3 rings (SSSR count). The van der Waals surface area contributed by atoms with Crippen molar-refractivity contribution in [1.82, 2.24) is 14.3 Å². The number of carboxylic acids is 1. The van der Waals surface area contributed by atoms with Crippen LogP contribution in [0, 0.1) is 18.8 Å². The van der Waals surface area contributed by atoms with Gasteiger partial charge < -0.3 is 10.0 Å². The van der Waals surface area contributed by atoms with Crippen molar-refractivity contribution in [2.24, 2.45) is 11.8 Å². The zero-order valence-electron chi connectivity index (χ0n) is 11.9. The van der Waals surface area contributed by atoms with Crippen LogP contribution in [0.1, 0.15) is 18.3 Å². The Hall–Kier alpha value is -1.89. The van der Waals surface area contributed by atoms with E-state index >= 15 is 0 Å². The Kier molecular flexibility index (Phi) is 3.44. The maximum Gasteiger partial charge on any atom is 0.308 e. The van der Waals surface area contributed by atoms with Crippen LogP contribution in [0.5, 0.6) is 0 Å². The lowest BCUT2D eigenvalue weighted by Crippen LogP contribution is -2.31. The summed E-state index contributed by atoms with van der Waals surface area (Å²) in [6.45, 7) is 4.64. The minimum atomic E-state index is -0.819. The summed E-state index contributed by atoms with van der Waals surface area (Å²) in [6.07, 6.45) is 2.20. The fourth-order valence-electron chi connectivity index (χ4n) is 2.83. The number of nitrogens with zero attached hydrogens (tertiary/aromatic N) is 3. The molecule has 2 unspecified atom stereocenters. The van der Waals surface area contributed by atoms with Crippen molar-refractivity contribution < 1.29 is 14.7 Å². The number of amides is 1. The van der Waals surface area contributed by atoms with E-state index < -0.39 is 11.9 Å². The fraction of sp³-hybridized carbons (Fsp3) is 0.500. The van der Waals surface area contributed by atoms with Crippen molar-refractivity contribution in [1.29, 1.82) is 0 Å². The molecule has 2 atom stereocenters. The highest BCUT2D eigenvalue weighted by atomic mass is 32.1. The summed E-state index contributed by atoms with van der Waals surface area (Å²) in [5.41, 5.74) is 1.84. The highest BCUT2D eigenvalue weighted by molar-refractivity contribution is 7.15. The minimum absolute atomic E-state index is 0.00410. The molecule has 0 radical (unpaired) electrons. The highest BCUT2D eigenvalue weighted by Crippen LogP contribution is 2.24. The molecule has 0 saturated carbocycles. The van der Waals surface area contributed by atoms with Crippen molar-refractivity contribution >= 4 is 28.2 Å². The Labute approximate surface area is 126 Å². The number of aliphatic carboxylic acids is 1. The molecule has 6 nitrogen and oxygen atoms in total. The molecule has 1 N–H and O–H groups in total. The number of carbonyl (C=O) groups is 2. The van der Waals surface area contributed by atoms with E-state index in [-0.39, 0.29) is 18.2 Å². The van der Waals surface area contributed by atoms with Crippen molar-refractivity contribution in [3.8, 4) is 0 Å². The van der Waals surface area contributed by atoms with E-state index in [1.165, 1.54) is 11.3 Å². The van der Waals surface area contributed by atoms with E-state index in [0.29, 0.717) is 13.1 Å². The molecule has 1 fully saturated rings. The van der Waals surface area contributed by atoms with Gasteiger partial charge in [-0.25, -0.2) is 4.98 Å². The first kappa shape index (κ1) is 14.1. The summed E-state index contributed by atoms with van der Waals surface area (Å²) in [4.78, 5) is 30.4. The third kappa shape index (κ3) is 2.53. The number of carbonyl (C=O) groups excluding carboxylic acids is 1. The molecule has 2 aromatic heterocycles. The Balaban J connectivity index is 1.73.